The van der Waals surface area contributed by atoms with Crippen molar-refractivity contribution in [1.82, 2.24) is 5.32 Å². The zero-order valence-electron chi connectivity index (χ0n) is 11.9. The number of hydrogen-bond donors (Lipinski definition) is 2. The first-order chi connectivity index (χ1) is 9.92. The molecule has 0 saturated carbocycles. The monoisotopic (exact) mass is 368 g/mol. The third-order valence-corrected chi connectivity index (χ3v) is 5.27. The molecule has 2 N–H and O–H groups in total. The van der Waals surface area contributed by atoms with Crippen LogP contribution in [0.2, 0.25) is 0 Å². The zero-order valence-corrected chi connectivity index (χ0v) is 14.3. The van der Waals surface area contributed by atoms with Gasteiger partial charge in [0, 0.05) is 16.7 Å². The Morgan fingerprint density at radius 2 is 1.90 bits per heavy atom. The summed E-state index contributed by atoms with van der Waals surface area (Å²) >= 11 is 3.37. The predicted molar refractivity (Wildman–Crippen MR) is 88.9 cm³/mol. The van der Waals surface area contributed by atoms with Crippen LogP contribution in [0.3, 0.4) is 0 Å². The lowest BCUT2D eigenvalue weighted by molar-refractivity contribution is 0.601. The molecule has 0 bridgehead atoms. The molecular formula is C15H17BrN2O2S. The van der Waals surface area contributed by atoms with Crippen molar-refractivity contribution in [3.05, 3.63) is 58.1 Å². The van der Waals surface area contributed by atoms with E-state index in [1.807, 2.05) is 32.2 Å². The smallest absolute Gasteiger partial charge is 0.261 e. The third-order valence-electron chi connectivity index (χ3n) is 3.00. The molecule has 21 heavy (non-hydrogen) atoms. The maximum atomic E-state index is 12.4. The van der Waals surface area contributed by atoms with Gasteiger partial charge in [0.05, 0.1) is 4.90 Å². The Labute approximate surface area is 133 Å². The minimum atomic E-state index is -3.58. The summed E-state index contributed by atoms with van der Waals surface area (Å²) in [5, 5.41) is 3.04. The van der Waals surface area contributed by atoms with Crippen LogP contribution in [-0.2, 0) is 16.6 Å². The van der Waals surface area contributed by atoms with Gasteiger partial charge >= 0.3 is 0 Å². The largest absolute Gasteiger partial charge is 0.316 e. The molecule has 6 heteroatoms. The molecule has 0 amide bonds. The first-order valence-corrected chi connectivity index (χ1v) is 8.72. The summed E-state index contributed by atoms with van der Waals surface area (Å²) in [4.78, 5) is 0.252. The Bertz CT molecular complexity index is 745. The van der Waals surface area contributed by atoms with Crippen LogP contribution in [0.25, 0.3) is 0 Å². The van der Waals surface area contributed by atoms with E-state index in [0.717, 1.165) is 15.6 Å². The summed E-state index contributed by atoms with van der Waals surface area (Å²) in [5.41, 5.74) is 2.45. The topological polar surface area (TPSA) is 58.2 Å². The minimum Gasteiger partial charge on any atom is -0.316 e. The van der Waals surface area contributed by atoms with Gasteiger partial charge in [0.2, 0.25) is 0 Å². The van der Waals surface area contributed by atoms with E-state index in [0.29, 0.717) is 12.2 Å². The van der Waals surface area contributed by atoms with E-state index < -0.39 is 10.0 Å². The second-order valence-electron chi connectivity index (χ2n) is 4.75. The summed E-state index contributed by atoms with van der Waals surface area (Å²) in [5.74, 6) is 0. The predicted octanol–water partition coefficient (Wildman–Crippen LogP) is 3.28. The molecule has 0 spiro atoms. The third kappa shape index (κ3) is 4.06. The summed E-state index contributed by atoms with van der Waals surface area (Å²) in [7, 11) is -1.73. The van der Waals surface area contributed by atoms with Crippen LogP contribution < -0.4 is 10.0 Å². The van der Waals surface area contributed by atoms with E-state index in [1.54, 1.807) is 24.3 Å². The molecule has 0 heterocycles. The van der Waals surface area contributed by atoms with Gasteiger partial charge in [-0.2, -0.15) is 0 Å². The fraction of sp³-hybridized carbons (Fsp3) is 0.200. The first kappa shape index (κ1) is 16.0. The maximum Gasteiger partial charge on any atom is 0.261 e. The highest BCUT2D eigenvalue weighted by molar-refractivity contribution is 9.10. The van der Waals surface area contributed by atoms with E-state index >= 15 is 0 Å². The van der Waals surface area contributed by atoms with Gasteiger partial charge in [-0.05, 0) is 55.4 Å². The summed E-state index contributed by atoms with van der Waals surface area (Å²) in [6.45, 7) is 2.55. The normalized spacial score (nSPS) is 11.4. The van der Waals surface area contributed by atoms with Gasteiger partial charge in [-0.1, -0.05) is 28.1 Å². The number of aryl methyl sites for hydroxylation is 1. The number of anilines is 1. The van der Waals surface area contributed by atoms with Crippen LogP contribution in [0.1, 0.15) is 11.1 Å². The molecule has 0 aliphatic carbocycles. The van der Waals surface area contributed by atoms with Crippen LogP contribution in [0, 0.1) is 6.92 Å². The van der Waals surface area contributed by atoms with Gasteiger partial charge < -0.3 is 5.32 Å². The molecule has 2 rings (SSSR count). The first-order valence-electron chi connectivity index (χ1n) is 6.45. The van der Waals surface area contributed by atoms with Crippen molar-refractivity contribution in [2.24, 2.45) is 0 Å². The van der Waals surface area contributed by atoms with Gasteiger partial charge in [-0.15, -0.1) is 0 Å². The number of halogens is 1. The maximum absolute atomic E-state index is 12.4. The number of sulfonamides is 1. The highest BCUT2D eigenvalue weighted by atomic mass is 79.9. The average molecular weight is 369 g/mol. The standard InChI is InChI=1S/C15H17BrN2O2S/c1-11-8-14(6-7-15(11)16)21(19,20)18-13-5-3-4-12(9-13)10-17-2/h3-9,17-18H,10H2,1-2H3. The van der Waals surface area contributed by atoms with Crippen molar-refractivity contribution >= 4 is 31.6 Å². The molecule has 0 aliphatic rings. The molecule has 112 valence electrons. The molecule has 2 aromatic rings. The number of benzene rings is 2. The van der Waals surface area contributed by atoms with Gasteiger partial charge in [-0.25, -0.2) is 8.42 Å². The Kier molecular flexibility index (Phi) is 5.03. The molecule has 0 aromatic heterocycles. The van der Waals surface area contributed by atoms with Crippen LogP contribution in [0.15, 0.2) is 51.8 Å². The van der Waals surface area contributed by atoms with E-state index in [9.17, 15) is 8.42 Å². The fourth-order valence-electron chi connectivity index (χ4n) is 1.95. The average Bonchev–Trinajstić information content (AvgIpc) is 2.42. The fourth-order valence-corrected chi connectivity index (χ4v) is 3.33. The van der Waals surface area contributed by atoms with Crippen molar-refractivity contribution < 1.29 is 8.42 Å². The molecule has 0 atom stereocenters. The highest BCUT2D eigenvalue weighted by Gasteiger charge is 2.15. The van der Waals surface area contributed by atoms with E-state index in [1.165, 1.54) is 0 Å². The molecule has 0 fully saturated rings. The van der Waals surface area contributed by atoms with Crippen LogP contribution >= 0.6 is 15.9 Å². The van der Waals surface area contributed by atoms with Gasteiger partial charge in [0.25, 0.3) is 10.0 Å². The number of hydrogen-bond acceptors (Lipinski definition) is 3. The summed E-state index contributed by atoms with van der Waals surface area (Å²) in [6, 6.07) is 12.3. The van der Waals surface area contributed by atoms with Crippen LogP contribution in [0.4, 0.5) is 5.69 Å². The van der Waals surface area contributed by atoms with E-state index in [2.05, 4.69) is 26.0 Å². The van der Waals surface area contributed by atoms with Gasteiger partial charge in [0.1, 0.15) is 0 Å². The molecule has 0 aliphatic heterocycles. The number of rotatable bonds is 5. The molecule has 2 aromatic carbocycles. The SMILES string of the molecule is CNCc1cccc(NS(=O)(=O)c2ccc(Br)c(C)c2)c1. The van der Waals surface area contributed by atoms with Crippen molar-refractivity contribution in [2.75, 3.05) is 11.8 Å². The lowest BCUT2D eigenvalue weighted by Gasteiger charge is -2.10. The molecule has 4 nitrogen and oxygen atoms in total. The van der Waals surface area contributed by atoms with Crippen LogP contribution in [-0.4, -0.2) is 15.5 Å². The Balaban J connectivity index is 2.28. The summed E-state index contributed by atoms with van der Waals surface area (Å²) < 4.78 is 28.3. The Morgan fingerprint density at radius 1 is 1.14 bits per heavy atom. The molecule has 0 unspecified atom stereocenters. The quantitative estimate of drug-likeness (QED) is 0.851. The van der Waals surface area contributed by atoms with Gasteiger partial charge in [-0.3, -0.25) is 4.72 Å². The second-order valence-corrected chi connectivity index (χ2v) is 7.28. The highest BCUT2D eigenvalue weighted by Crippen LogP contribution is 2.22. The van der Waals surface area contributed by atoms with Crippen molar-refractivity contribution in [3.63, 3.8) is 0 Å². The lowest BCUT2D eigenvalue weighted by Crippen LogP contribution is -2.13. The van der Waals surface area contributed by atoms with Crippen molar-refractivity contribution in [2.45, 2.75) is 18.4 Å². The minimum absolute atomic E-state index is 0.252. The molecular weight excluding hydrogens is 352 g/mol. The van der Waals surface area contributed by atoms with Crippen LogP contribution in [0.5, 0.6) is 0 Å². The second kappa shape index (κ2) is 6.60. The van der Waals surface area contributed by atoms with Crippen molar-refractivity contribution in [3.8, 4) is 0 Å². The van der Waals surface area contributed by atoms with E-state index in [4.69, 9.17) is 0 Å². The van der Waals surface area contributed by atoms with Gasteiger partial charge in [0.15, 0.2) is 0 Å². The van der Waals surface area contributed by atoms with Crippen molar-refractivity contribution in [1.29, 1.82) is 0 Å². The Hall–Kier alpha value is -1.37. The summed E-state index contributed by atoms with van der Waals surface area (Å²) in [6.07, 6.45) is 0. The zero-order chi connectivity index (χ0) is 15.5. The molecule has 0 saturated heterocycles. The lowest BCUT2D eigenvalue weighted by atomic mass is 10.2. The molecule has 0 radical (unpaired) electrons. The van der Waals surface area contributed by atoms with E-state index in [-0.39, 0.29) is 4.90 Å². The number of nitrogens with one attached hydrogen (secondary N) is 2. The Morgan fingerprint density at radius 3 is 2.57 bits per heavy atom.